The van der Waals surface area contributed by atoms with Crippen LogP contribution in [0.2, 0.25) is 0 Å². The molecule has 0 atom stereocenters. The third-order valence-corrected chi connectivity index (χ3v) is 7.86. The molecule has 0 saturated heterocycles. The van der Waals surface area contributed by atoms with Gasteiger partial charge in [0.05, 0.1) is 0 Å². The van der Waals surface area contributed by atoms with Crippen LogP contribution in [0.15, 0.2) is 32.9 Å². The maximum absolute atomic E-state index is 3.53. The number of allylic oxidation sites excluding steroid dienone is 4. The monoisotopic (exact) mass is 375 g/mol. The number of nitrogens with one attached hydrogen (secondary N) is 1. The van der Waals surface area contributed by atoms with Crippen molar-refractivity contribution in [1.82, 2.24) is 4.98 Å². The van der Waals surface area contributed by atoms with Gasteiger partial charge in [-0.1, -0.05) is 0 Å². The molecular weight excluding hydrogens is 349 g/mol. The van der Waals surface area contributed by atoms with Gasteiger partial charge in [-0.2, -0.15) is 0 Å². The first-order valence-corrected chi connectivity index (χ1v) is 8.97. The van der Waals surface area contributed by atoms with E-state index in [1.165, 1.54) is 15.1 Å². The van der Waals surface area contributed by atoms with Gasteiger partial charge in [0.25, 0.3) is 0 Å². The summed E-state index contributed by atoms with van der Waals surface area (Å²) in [5.41, 5.74) is 6.58. The van der Waals surface area contributed by atoms with Crippen LogP contribution in [-0.2, 0) is 24.6 Å². The Labute approximate surface area is 157 Å². The molecule has 1 aliphatic rings. The topological polar surface area (TPSA) is 15.8 Å². The van der Waals surface area contributed by atoms with Crippen molar-refractivity contribution < 1.29 is 44.0 Å². The summed E-state index contributed by atoms with van der Waals surface area (Å²) >= 11 is -0.287. The van der Waals surface area contributed by atoms with Gasteiger partial charge in [0, 0.05) is 0 Å². The van der Waals surface area contributed by atoms with E-state index in [2.05, 4.69) is 72.6 Å². The quantitative estimate of drug-likeness (QED) is 0.617. The Balaban J connectivity index is 0.00000220. The summed E-state index contributed by atoms with van der Waals surface area (Å²) < 4.78 is 3.20. The van der Waals surface area contributed by atoms with Gasteiger partial charge in [-0.15, -0.1) is 0 Å². The van der Waals surface area contributed by atoms with Crippen LogP contribution in [0.3, 0.4) is 0 Å². The molecule has 22 heavy (non-hydrogen) atoms. The van der Waals surface area contributed by atoms with E-state index >= 15 is 0 Å². The second kappa shape index (κ2) is 7.30. The molecule has 0 saturated carbocycles. The Morgan fingerprint density at radius 1 is 1.00 bits per heavy atom. The van der Waals surface area contributed by atoms with Crippen molar-refractivity contribution >= 4 is 4.00 Å². The van der Waals surface area contributed by atoms with Gasteiger partial charge in [-0.25, -0.2) is 0 Å². The van der Waals surface area contributed by atoms with Crippen LogP contribution in [0.25, 0.3) is 0 Å². The minimum absolute atomic E-state index is 0. The predicted molar refractivity (Wildman–Crippen MR) is 84.0 cm³/mol. The molecule has 0 aliphatic heterocycles. The summed E-state index contributed by atoms with van der Waals surface area (Å²) in [6.07, 6.45) is 2.12. The zero-order valence-corrected chi connectivity index (χ0v) is 18.0. The molecule has 0 radical (unpaired) electrons. The summed E-state index contributed by atoms with van der Waals surface area (Å²) in [4.78, 5) is 3.53. The van der Waals surface area contributed by atoms with Crippen molar-refractivity contribution in [2.45, 2.75) is 60.8 Å². The van der Waals surface area contributed by atoms with Crippen LogP contribution >= 0.6 is 0 Å². The first-order chi connectivity index (χ1) is 9.06. The molecule has 1 aromatic heterocycles. The van der Waals surface area contributed by atoms with Crippen molar-refractivity contribution in [3.05, 3.63) is 38.4 Å². The van der Waals surface area contributed by atoms with E-state index in [9.17, 15) is 0 Å². The summed E-state index contributed by atoms with van der Waals surface area (Å²) in [5, 5.41) is 0. The maximum atomic E-state index is 3.53. The number of H-pyrrole nitrogens is 1. The largest absolute Gasteiger partial charge is 1.00 e. The zero-order valence-electron chi connectivity index (χ0n) is 14.9. The molecular formula is C18H27Cl2NTi. The van der Waals surface area contributed by atoms with E-state index in [0.717, 1.165) is 0 Å². The second-order valence-corrected chi connectivity index (χ2v) is 9.47. The fourth-order valence-electron chi connectivity index (χ4n) is 3.07. The van der Waals surface area contributed by atoms with Gasteiger partial charge < -0.3 is 24.8 Å². The van der Waals surface area contributed by atoms with Gasteiger partial charge in [-0.05, 0) is 0 Å². The zero-order chi connectivity index (χ0) is 15.3. The van der Waals surface area contributed by atoms with Crippen LogP contribution in [-0.4, -0.2) is 4.98 Å². The number of aromatic amines is 1. The molecule has 2 rings (SSSR count). The fourth-order valence-corrected chi connectivity index (χ4v) is 5.99. The normalized spacial score (nSPS) is 17.1. The van der Waals surface area contributed by atoms with Gasteiger partial charge in [0.1, 0.15) is 0 Å². The predicted octanol–water partition coefficient (Wildman–Crippen LogP) is -1.32. The summed E-state index contributed by atoms with van der Waals surface area (Å²) in [5.74, 6) is 0. The molecule has 1 heterocycles. The number of hydrogen-bond donors (Lipinski definition) is 1. The van der Waals surface area contributed by atoms with Crippen molar-refractivity contribution in [2.75, 3.05) is 0 Å². The average molecular weight is 376 g/mol. The van der Waals surface area contributed by atoms with E-state index < -0.39 is 0 Å². The number of rotatable bonds is 2. The minimum atomic E-state index is -0.287. The smallest absolute Gasteiger partial charge is 1.00 e. The molecule has 1 aliphatic carbocycles. The number of hydrogen-bond acceptors (Lipinski definition) is 0. The van der Waals surface area contributed by atoms with E-state index in [1.807, 2.05) is 0 Å². The third-order valence-electron chi connectivity index (χ3n) is 4.87. The standard InChI is InChI=1S/C10H15.C8H12N.2ClH.Ti/c1-7-6-10(4,5)9(3)8(7)2;1-8(2,3)7-4-5-9-6-7;;;/h1-5H3;4-5,9H,1-3H3;2*1H;/q;;;;+2/p-2. The first-order valence-electron chi connectivity index (χ1n) is 7.41. The Kier molecular flexibility index (Phi) is 7.32. The van der Waals surface area contributed by atoms with Crippen LogP contribution in [0.5, 0.6) is 0 Å². The summed E-state index contributed by atoms with van der Waals surface area (Å²) in [6.45, 7) is 18.6. The van der Waals surface area contributed by atoms with Crippen LogP contribution in [0, 0.1) is 5.41 Å². The van der Waals surface area contributed by atoms with E-state index in [4.69, 9.17) is 0 Å². The van der Waals surface area contributed by atoms with Crippen LogP contribution in [0.1, 0.15) is 61.0 Å². The molecule has 0 spiro atoms. The Morgan fingerprint density at radius 2 is 1.55 bits per heavy atom. The first kappa shape index (κ1) is 22.1. The Hall–Kier alpha value is 0.0543. The van der Waals surface area contributed by atoms with Crippen molar-refractivity contribution in [3.63, 3.8) is 0 Å². The molecule has 122 valence electrons. The fraction of sp³-hybridized carbons (Fsp3) is 0.556. The number of halogens is 2. The van der Waals surface area contributed by atoms with E-state index in [1.54, 1.807) is 15.0 Å². The van der Waals surface area contributed by atoms with Crippen molar-refractivity contribution in [1.29, 1.82) is 0 Å². The molecule has 4 heteroatoms. The van der Waals surface area contributed by atoms with Gasteiger partial charge in [0.15, 0.2) is 0 Å². The van der Waals surface area contributed by atoms with E-state index in [0.29, 0.717) is 0 Å². The van der Waals surface area contributed by atoms with Crippen molar-refractivity contribution in [2.24, 2.45) is 5.41 Å². The summed E-state index contributed by atoms with van der Waals surface area (Å²) in [7, 11) is 0. The van der Waals surface area contributed by atoms with Crippen LogP contribution < -0.4 is 28.8 Å². The Bertz CT molecular complexity index is 601. The van der Waals surface area contributed by atoms with Gasteiger partial charge in [-0.3, -0.25) is 0 Å². The minimum Gasteiger partial charge on any atom is -1.00 e. The van der Waals surface area contributed by atoms with Crippen molar-refractivity contribution in [3.8, 4) is 0 Å². The Morgan fingerprint density at radius 3 is 1.95 bits per heavy atom. The molecule has 0 unspecified atom stereocenters. The maximum Gasteiger partial charge on any atom is -1.00 e. The second-order valence-electron chi connectivity index (χ2n) is 7.52. The molecule has 0 amide bonds. The summed E-state index contributed by atoms with van der Waals surface area (Å²) in [6, 6.07) is 2.27. The number of aromatic nitrogens is 1. The van der Waals surface area contributed by atoms with E-state index in [-0.39, 0.29) is 54.8 Å². The van der Waals surface area contributed by atoms with Gasteiger partial charge in [0.2, 0.25) is 0 Å². The SMILES string of the molecule is CC1=C(C)C(C)(C)[C]([Ti+2][c]2[nH]ccc2C(C)(C)C)=C1C.[Cl-].[Cl-]. The molecule has 0 fully saturated rings. The average Bonchev–Trinajstić information content (AvgIpc) is 2.85. The molecule has 1 aromatic rings. The van der Waals surface area contributed by atoms with Gasteiger partial charge >= 0.3 is 133 Å². The third kappa shape index (κ3) is 3.75. The van der Waals surface area contributed by atoms with Crippen LogP contribution in [0.4, 0.5) is 0 Å². The molecule has 1 nitrogen and oxygen atoms in total. The molecule has 0 bridgehead atoms. The molecule has 1 N–H and O–H groups in total. The molecule has 0 aromatic carbocycles.